The molecule has 1 unspecified atom stereocenters. The van der Waals surface area contributed by atoms with Gasteiger partial charge in [0.25, 0.3) is 0 Å². The van der Waals surface area contributed by atoms with Crippen LogP contribution in [0.15, 0.2) is 53.4 Å². The number of fused-ring (bicyclic) bond motifs is 1. The van der Waals surface area contributed by atoms with Crippen molar-refractivity contribution in [3.8, 4) is 5.75 Å². The third kappa shape index (κ3) is 4.44. The number of benzene rings is 2. The number of ether oxygens (including phenoxy) is 1. The van der Waals surface area contributed by atoms with E-state index in [0.29, 0.717) is 13.2 Å². The molecule has 6 heteroatoms. The first-order valence-corrected chi connectivity index (χ1v) is 10.3. The molecule has 1 atom stereocenters. The van der Waals surface area contributed by atoms with E-state index in [4.69, 9.17) is 4.74 Å². The Morgan fingerprint density at radius 3 is 2.62 bits per heavy atom. The topological polar surface area (TPSA) is 67.4 Å². The van der Waals surface area contributed by atoms with Gasteiger partial charge < -0.3 is 10.1 Å². The van der Waals surface area contributed by atoms with Crippen LogP contribution < -0.4 is 14.8 Å². The van der Waals surface area contributed by atoms with E-state index in [9.17, 15) is 8.42 Å². The van der Waals surface area contributed by atoms with Crippen molar-refractivity contribution >= 4 is 10.0 Å². The van der Waals surface area contributed by atoms with Crippen LogP contribution in [0.3, 0.4) is 0 Å². The minimum Gasteiger partial charge on any atom is -0.493 e. The highest BCUT2D eigenvalue weighted by molar-refractivity contribution is 7.89. The minimum atomic E-state index is -3.56. The first-order valence-electron chi connectivity index (χ1n) is 8.85. The van der Waals surface area contributed by atoms with E-state index >= 15 is 0 Å². The lowest BCUT2D eigenvalue weighted by molar-refractivity contribution is 0.346. The van der Waals surface area contributed by atoms with Crippen LogP contribution in [0.25, 0.3) is 0 Å². The minimum absolute atomic E-state index is 0.118. The van der Waals surface area contributed by atoms with Crippen molar-refractivity contribution in [2.45, 2.75) is 43.7 Å². The molecule has 2 N–H and O–H groups in total. The molecule has 2 aromatic rings. The summed E-state index contributed by atoms with van der Waals surface area (Å²) in [6, 6.07) is 15.3. The van der Waals surface area contributed by atoms with E-state index in [0.717, 1.165) is 17.7 Å². The number of hydrogen-bond donors (Lipinski definition) is 2. The first-order chi connectivity index (χ1) is 12.3. The zero-order valence-electron chi connectivity index (χ0n) is 15.5. The number of sulfonamides is 1. The zero-order valence-corrected chi connectivity index (χ0v) is 16.3. The quantitative estimate of drug-likeness (QED) is 0.782. The van der Waals surface area contributed by atoms with Crippen molar-refractivity contribution in [3.63, 3.8) is 0 Å². The Balaban J connectivity index is 1.64. The predicted octanol–water partition coefficient (Wildman–Crippen LogP) is 3.03. The van der Waals surface area contributed by atoms with Crippen LogP contribution in [-0.2, 0) is 16.4 Å². The SMILES string of the molecule is CC(NC(C)(C)CNS(=O)(=O)c1ccc2c(c1)CCO2)c1ccccc1. The Bertz CT molecular complexity index is 864. The van der Waals surface area contributed by atoms with Crippen molar-refractivity contribution < 1.29 is 13.2 Å². The smallest absolute Gasteiger partial charge is 0.240 e. The molecule has 2 aromatic carbocycles. The van der Waals surface area contributed by atoms with Crippen molar-refractivity contribution in [3.05, 3.63) is 59.7 Å². The summed E-state index contributed by atoms with van der Waals surface area (Å²) in [5.74, 6) is 0.780. The summed E-state index contributed by atoms with van der Waals surface area (Å²) < 4.78 is 33.5. The standard InChI is InChI=1S/C20H26N2O3S/c1-15(16-7-5-4-6-8-16)22-20(2,3)14-21-26(23,24)18-9-10-19-17(13-18)11-12-25-19/h4-10,13,15,21-22H,11-12,14H2,1-3H3. The summed E-state index contributed by atoms with van der Waals surface area (Å²) in [6.07, 6.45) is 0.750. The van der Waals surface area contributed by atoms with Gasteiger partial charge in [-0.1, -0.05) is 30.3 Å². The number of hydrogen-bond acceptors (Lipinski definition) is 4. The normalized spacial score (nSPS) is 15.3. The lowest BCUT2D eigenvalue weighted by Crippen LogP contribution is -2.49. The second-order valence-electron chi connectivity index (χ2n) is 7.35. The highest BCUT2D eigenvalue weighted by atomic mass is 32.2. The predicted molar refractivity (Wildman–Crippen MR) is 103 cm³/mol. The van der Waals surface area contributed by atoms with Crippen LogP contribution in [-0.4, -0.2) is 27.1 Å². The lowest BCUT2D eigenvalue weighted by Gasteiger charge is -2.30. The number of rotatable bonds is 7. The summed E-state index contributed by atoms with van der Waals surface area (Å²) >= 11 is 0. The average Bonchev–Trinajstić information content (AvgIpc) is 3.08. The molecule has 0 aromatic heterocycles. The van der Waals surface area contributed by atoms with Gasteiger partial charge in [0.15, 0.2) is 0 Å². The van der Waals surface area contributed by atoms with Crippen molar-refractivity contribution in [2.75, 3.05) is 13.2 Å². The molecular weight excluding hydrogens is 348 g/mol. The first kappa shape index (κ1) is 18.9. The van der Waals surface area contributed by atoms with Crippen molar-refractivity contribution in [2.24, 2.45) is 0 Å². The maximum Gasteiger partial charge on any atom is 0.240 e. The van der Waals surface area contributed by atoms with Gasteiger partial charge in [0, 0.05) is 24.5 Å². The maximum atomic E-state index is 12.7. The van der Waals surface area contributed by atoms with Crippen LogP contribution in [0.1, 0.15) is 37.9 Å². The average molecular weight is 375 g/mol. The van der Waals surface area contributed by atoms with Gasteiger partial charge in [0.05, 0.1) is 11.5 Å². The fourth-order valence-corrected chi connectivity index (χ4v) is 4.41. The fraction of sp³-hybridized carbons (Fsp3) is 0.400. The Kier molecular flexibility index (Phi) is 5.37. The molecule has 0 spiro atoms. The summed E-state index contributed by atoms with van der Waals surface area (Å²) in [6.45, 7) is 6.96. The van der Waals surface area contributed by atoms with Gasteiger partial charge in [0.1, 0.15) is 5.75 Å². The second-order valence-corrected chi connectivity index (χ2v) is 9.12. The van der Waals surface area contributed by atoms with E-state index in [2.05, 4.69) is 29.1 Å². The third-order valence-corrected chi connectivity index (χ3v) is 5.98. The van der Waals surface area contributed by atoms with Gasteiger partial charge in [-0.05, 0) is 50.1 Å². The van der Waals surface area contributed by atoms with Crippen LogP contribution >= 0.6 is 0 Å². The zero-order chi connectivity index (χ0) is 18.8. The van der Waals surface area contributed by atoms with Crippen molar-refractivity contribution in [1.29, 1.82) is 0 Å². The molecule has 140 valence electrons. The molecule has 0 amide bonds. The van der Waals surface area contributed by atoms with Gasteiger partial charge in [-0.3, -0.25) is 0 Å². The summed E-state index contributed by atoms with van der Waals surface area (Å²) in [7, 11) is -3.56. The molecular formula is C20H26N2O3S. The Labute approximate surface area is 155 Å². The van der Waals surface area contributed by atoms with Gasteiger partial charge in [-0.2, -0.15) is 0 Å². The molecule has 26 heavy (non-hydrogen) atoms. The van der Waals surface area contributed by atoms with Gasteiger partial charge in [-0.25, -0.2) is 13.1 Å². The molecule has 5 nitrogen and oxygen atoms in total. The fourth-order valence-electron chi connectivity index (χ4n) is 3.15. The van der Waals surface area contributed by atoms with Crippen LogP contribution in [0, 0.1) is 0 Å². The Morgan fingerprint density at radius 2 is 1.88 bits per heavy atom. The van der Waals surface area contributed by atoms with Gasteiger partial charge >= 0.3 is 0 Å². The molecule has 1 heterocycles. The maximum absolute atomic E-state index is 12.7. The highest BCUT2D eigenvalue weighted by Crippen LogP contribution is 2.27. The summed E-state index contributed by atoms with van der Waals surface area (Å²) in [4.78, 5) is 0.286. The molecule has 1 aliphatic rings. The monoisotopic (exact) mass is 374 g/mol. The van der Waals surface area contributed by atoms with E-state index < -0.39 is 15.6 Å². The molecule has 0 aliphatic carbocycles. The highest BCUT2D eigenvalue weighted by Gasteiger charge is 2.25. The van der Waals surface area contributed by atoms with Gasteiger partial charge in [-0.15, -0.1) is 0 Å². The molecule has 0 bridgehead atoms. The van der Waals surface area contributed by atoms with Crippen LogP contribution in [0.5, 0.6) is 5.75 Å². The van der Waals surface area contributed by atoms with Crippen molar-refractivity contribution in [1.82, 2.24) is 10.0 Å². The Morgan fingerprint density at radius 1 is 1.15 bits per heavy atom. The molecule has 0 fully saturated rings. The van der Waals surface area contributed by atoms with E-state index in [1.165, 1.54) is 5.56 Å². The molecule has 0 saturated carbocycles. The van der Waals surface area contributed by atoms with E-state index in [-0.39, 0.29) is 10.9 Å². The number of nitrogens with one attached hydrogen (secondary N) is 2. The van der Waals surface area contributed by atoms with Crippen LogP contribution in [0.4, 0.5) is 0 Å². The van der Waals surface area contributed by atoms with E-state index in [1.807, 2.05) is 32.0 Å². The molecule has 0 radical (unpaired) electrons. The Hall–Kier alpha value is -1.89. The lowest BCUT2D eigenvalue weighted by atomic mass is 10.0. The largest absolute Gasteiger partial charge is 0.493 e. The summed E-state index contributed by atoms with van der Waals surface area (Å²) in [5, 5.41) is 3.49. The van der Waals surface area contributed by atoms with Gasteiger partial charge in [0.2, 0.25) is 10.0 Å². The summed E-state index contributed by atoms with van der Waals surface area (Å²) in [5.41, 5.74) is 1.72. The van der Waals surface area contributed by atoms with Crippen LogP contribution in [0.2, 0.25) is 0 Å². The third-order valence-electron chi connectivity index (χ3n) is 4.58. The molecule has 3 rings (SSSR count). The van der Waals surface area contributed by atoms with E-state index in [1.54, 1.807) is 18.2 Å². The molecule has 0 saturated heterocycles. The molecule has 1 aliphatic heterocycles. The second kappa shape index (κ2) is 7.39.